The molecule has 0 aliphatic rings. The first kappa shape index (κ1) is 20.1. The minimum Gasteiger partial charge on any atom is -0.429 e. The van der Waals surface area contributed by atoms with E-state index in [1.165, 1.54) is 18.2 Å². The molecule has 0 radical (unpaired) electrons. The van der Waals surface area contributed by atoms with Crippen molar-refractivity contribution in [2.24, 2.45) is 0 Å². The van der Waals surface area contributed by atoms with Crippen LogP contribution in [0.15, 0.2) is 48.5 Å². The van der Waals surface area contributed by atoms with Crippen LogP contribution in [0.4, 0.5) is 26.3 Å². The summed E-state index contributed by atoms with van der Waals surface area (Å²) in [5.41, 5.74) is 0.283. The van der Waals surface area contributed by atoms with Gasteiger partial charge in [0.2, 0.25) is 0 Å². The fourth-order valence-corrected chi connectivity index (χ4v) is 2.68. The number of halogens is 7. The molecule has 0 amide bonds. The molecule has 3 rings (SSSR count). The van der Waals surface area contributed by atoms with Crippen molar-refractivity contribution in [3.8, 4) is 16.9 Å². The van der Waals surface area contributed by atoms with Crippen molar-refractivity contribution in [2.75, 3.05) is 0 Å². The van der Waals surface area contributed by atoms with Gasteiger partial charge in [-0.15, -0.1) is 0 Å². The highest BCUT2D eigenvalue weighted by Crippen LogP contribution is 2.35. The summed E-state index contributed by atoms with van der Waals surface area (Å²) in [5.74, 6) is -6.68. The van der Waals surface area contributed by atoms with Crippen LogP contribution >= 0.6 is 11.6 Å². The molecule has 0 N–H and O–H groups in total. The Bertz CT molecular complexity index is 1010. The predicted molar refractivity (Wildman–Crippen MR) is 92.4 cm³/mol. The van der Waals surface area contributed by atoms with Gasteiger partial charge in [0.15, 0.2) is 17.5 Å². The number of alkyl halides is 2. The zero-order valence-corrected chi connectivity index (χ0v) is 14.9. The summed E-state index contributed by atoms with van der Waals surface area (Å²) >= 11 is 5.86. The maximum Gasteiger partial charge on any atom is 0.426 e. The van der Waals surface area contributed by atoms with Gasteiger partial charge in [-0.3, -0.25) is 0 Å². The SMILES string of the molecule is Cc1ccc(-c2ccc(C(F)(F)Oc3cc(F)c(F)c(F)c3)cc2)c(F)c1Cl. The second-order valence-corrected chi connectivity index (χ2v) is 6.33. The Balaban J connectivity index is 1.89. The lowest BCUT2D eigenvalue weighted by molar-refractivity contribution is -0.185. The van der Waals surface area contributed by atoms with E-state index in [-0.39, 0.29) is 16.1 Å². The average Bonchev–Trinajstić information content (AvgIpc) is 2.64. The zero-order valence-electron chi connectivity index (χ0n) is 14.2. The van der Waals surface area contributed by atoms with Crippen LogP contribution in [-0.4, -0.2) is 0 Å². The largest absolute Gasteiger partial charge is 0.429 e. The van der Waals surface area contributed by atoms with Gasteiger partial charge in [0.25, 0.3) is 0 Å². The molecule has 0 atom stereocenters. The predicted octanol–water partition coefficient (Wildman–Crippen LogP) is 7.00. The molecule has 3 aromatic rings. The second kappa shape index (κ2) is 7.39. The summed E-state index contributed by atoms with van der Waals surface area (Å²) < 4.78 is 86.4. The second-order valence-electron chi connectivity index (χ2n) is 5.96. The molecule has 0 heterocycles. The summed E-state index contributed by atoms with van der Waals surface area (Å²) in [6.07, 6.45) is -3.97. The molecule has 0 fully saturated rings. The summed E-state index contributed by atoms with van der Waals surface area (Å²) in [7, 11) is 0. The van der Waals surface area contributed by atoms with Crippen LogP contribution in [0.1, 0.15) is 11.1 Å². The smallest absolute Gasteiger partial charge is 0.426 e. The molecule has 0 aliphatic heterocycles. The van der Waals surface area contributed by atoms with E-state index in [0.29, 0.717) is 17.7 Å². The molecule has 0 unspecified atom stereocenters. The van der Waals surface area contributed by atoms with Gasteiger partial charge < -0.3 is 4.74 Å². The fourth-order valence-electron chi connectivity index (χ4n) is 2.51. The number of rotatable bonds is 4. The van der Waals surface area contributed by atoms with E-state index in [9.17, 15) is 26.3 Å². The van der Waals surface area contributed by atoms with Gasteiger partial charge in [-0.25, -0.2) is 17.6 Å². The van der Waals surface area contributed by atoms with Crippen LogP contribution in [0.5, 0.6) is 5.75 Å². The number of aryl methyl sites for hydroxylation is 1. The molecule has 0 spiro atoms. The lowest BCUT2D eigenvalue weighted by Crippen LogP contribution is -2.22. The normalized spacial score (nSPS) is 11.6. The maximum absolute atomic E-state index is 14.3. The Morgan fingerprint density at radius 2 is 1.39 bits per heavy atom. The monoisotopic (exact) mass is 416 g/mol. The third-order valence-electron chi connectivity index (χ3n) is 4.01. The van der Waals surface area contributed by atoms with Crippen LogP contribution in [0.2, 0.25) is 5.02 Å². The highest BCUT2D eigenvalue weighted by molar-refractivity contribution is 6.31. The summed E-state index contributed by atoms with van der Waals surface area (Å²) in [5, 5.41) is -0.0735. The maximum atomic E-state index is 14.3. The third-order valence-corrected chi connectivity index (χ3v) is 4.47. The Morgan fingerprint density at radius 1 is 0.821 bits per heavy atom. The van der Waals surface area contributed by atoms with Gasteiger partial charge in [-0.1, -0.05) is 35.9 Å². The Labute approximate surface area is 161 Å². The minimum absolute atomic E-state index is 0.0735. The molecule has 0 aromatic heterocycles. The molecule has 0 aliphatic carbocycles. The molecule has 8 heteroatoms. The van der Waals surface area contributed by atoms with Crippen LogP contribution in [0.3, 0.4) is 0 Å². The van der Waals surface area contributed by atoms with Crippen molar-refractivity contribution in [2.45, 2.75) is 13.0 Å². The third kappa shape index (κ3) is 3.80. The first-order valence-corrected chi connectivity index (χ1v) is 8.25. The van der Waals surface area contributed by atoms with Gasteiger partial charge in [0, 0.05) is 17.7 Å². The van der Waals surface area contributed by atoms with Crippen molar-refractivity contribution in [3.63, 3.8) is 0 Å². The van der Waals surface area contributed by atoms with Gasteiger partial charge in [-0.2, -0.15) is 8.78 Å². The molecular weight excluding hydrogens is 406 g/mol. The van der Waals surface area contributed by atoms with Crippen molar-refractivity contribution >= 4 is 11.6 Å². The summed E-state index contributed by atoms with van der Waals surface area (Å²) in [4.78, 5) is 0. The summed E-state index contributed by atoms with van der Waals surface area (Å²) in [6, 6.07) is 8.06. The molecule has 0 bridgehead atoms. The molecule has 146 valence electrons. The van der Waals surface area contributed by atoms with Gasteiger partial charge in [0.05, 0.1) is 10.6 Å². The van der Waals surface area contributed by atoms with Crippen molar-refractivity contribution in [1.29, 1.82) is 0 Å². The van der Waals surface area contributed by atoms with Crippen molar-refractivity contribution in [1.82, 2.24) is 0 Å². The highest BCUT2D eigenvalue weighted by Gasteiger charge is 2.35. The lowest BCUT2D eigenvalue weighted by atomic mass is 10.0. The minimum atomic E-state index is -3.97. The highest BCUT2D eigenvalue weighted by atomic mass is 35.5. The van der Waals surface area contributed by atoms with E-state index >= 15 is 0 Å². The van der Waals surface area contributed by atoms with Gasteiger partial charge in [0.1, 0.15) is 11.6 Å². The van der Waals surface area contributed by atoms with E-state index in [4.69, 9.17) is 11.6 Å². The van der Waals surface area contributed by atoms with Gasteiger partial charge in [-0.05, 0) is 30.2 Å². The topological polar surface area (TPSA) is 9.23 Å². The van der Waals surface area contributed by atoms with E-state index in [1.807, 2.05) is 0 Å². The molecule has 0 saturated carbocycles. The fraction of sp³-hybridized carbons (Fsp3) is 0.100. The Kier molecular flexibility index (Phi) is 5.30. The first-order chi connectivity index (χ1) is 13.1. The van der Waals surface area contributed by atoms with Crippen LogP contribution in [0, 0.1) is 30.2 Å². The van der Waals surface area contributed by atoms with Gasteiger partial charge >= 0.3 is 6.11 Å². The average molecular weight is 417 g/mol. The van der Waals surface area contributed by atoms with E-state index < -0.39 is 40.7 Å². The van der Waals surface area contributed by atoms with E-state index in [0.717, 1.165) is 12.1 Å². The number of hydrogen-bond acceptors (Lipinski definition) is 1. The van der Waals surface area contributed by atoms with Crippen LogP contribution in [-0.2, 0) is 6.11 Å². The molecule has 0 saturated heterocycles. The standard InChI is InChI=1S/C20H11ClF6O/c1-10-2-7-14(18(24)17(10)21)11-3-5-12(6-4-11)20(26,27)28-13-8-15(22)19(25)16(23)9-13/h2-9H,1H3. The molecule has 1 nitrogen and oxygen atoms in total. The van der Waals surface area contributed by atoms with Crippen LogP contribution < -0.4 is 4.74 Å². The van der Waals surface area contributed by atoms with Crippen molar-refractivity contribution in [3.05, 3.63) is 87.9 Å². The number of hydrogen-bond donors (Lipinski definition) is 0. The van der Waals surface area contributed by atoms with E-state index in [1.54, 1.807) is 13.0 Å². The lowest BCUT2D eigenvalue weighted by Gasteiger charge is -2.19. The Hall–Kier alpha value is -2.67. The number of benzene rings is 3. The first-order valence-electron chi connectivity index (χ1n) is 7.87. The Morgan fingerprint density at radius 3 is 1.96 bits per heavy atom. The molecule has 28 heavy (non-hydrogen) atoms. The van der Waals surface area contributed by atoms with Crippen molar-refractivity contribution < 1.29 is 31.1 Å². The van der Waals surface area contributed by atoms with E-state index in [2.05, 4.69) is 4.74 Å². The quantitative estimate of drug-likeness (QED) is 0.328. The summed E-state index contributed by atoms with van der Waals surface area (Å²) in [6.45, 7) is 1.62. The zero-order chi connectivity index (χ0) is 20.6. The number of ether oxygens (including phenoxy) is 1. The van der Waals surface area contributed by atoms with Crippen LogP contribution in [0.25, 0.3) is 11.1 Å². The molecule has 3 aromatic carbocycles. The molecular formula is C20H11ClF6O.